The Kier molecular flexibility index (Phi) is 7.91. The van der Waals surface area contributed by atoms with Gasteiger partial charge in [0.15, 0.2) is 0 Å². The van der Waals surface area contributed by atoms with Crippen LogP contribution < -0.4 is 5.73 Å². The maximum Gasteiger partial charge on any atom is 0.321 e. The van der Waals surface area contributed by atoms with Crippen LogP contribution in [0.5, 0.6) is 0 Å². The summed E-state index contributed by atoms with van der Waals surface area (Å²) < 4.78 is -0.127. The van der Waals surface area contributed by atoms with Crippen LogP contribution in [-0.4, -0.2) is 22.9 Å². The van der Waals surface area contributed by atoms with E-state index in [0.29, 0.717) is 5.75 Å². The third kappa shape index (κ3) is 5.70. The number of rotatable bonds is 6. The van der Waals surface area contributed by atoms with Crippen molar-refractivity contribution >= 4 is 30.1 Å². The van der Waals surface area contributed by atoms with Crippen LogP contribution in [0.4, 0.5) is 0 Å². The topological polar surface area (TPSA) is 63.3 Å². The predicted octanol–water partition coefficient (Wildman–Crippen LogP) is 4.54. The van der Waals surface area contributed by atoms with Gasteiger partial charge in [-0.05, 0) is 43.7 Å². The van der Waals surface area contributed by atoms with Gasteiger partial charge in [-0.1, -0.05) is 43.5 Å². The van der Waals surface area contributed by atoms with Gasteiger partial charge in [-0.2, -0.15) is 0 Å². The molecule has 0 aromatic heterocycles. The number of hydrogen-bond acceptors (Lipinski definition) is 3. The number of halogens is 1. The molecule has 3 nitrogen and oxygen atoms in total. The van der Waals surface area contributed by atoms with E-state index in [0.717, 1.165) is 5.92 Å². The lowest BCUT2D eigenvalue weighted by Gasteiger charge is -2.27. The molecule has 0 spiro atoms. The molecule has 0 bridgehead atoms. The summed E-state index contributed by atoms with van der Waals surface area (Å²) >= 11 is 1.60. The normalized spacial score (nSPS) is 17.3. The SMILES string of the molecule is CC(C)(SC[C@H](N)C(=O)O)c1ccc(C2CCCCC2)cc1.Cl. The molecule has 2 rings (SSSR count). The molecule has 1 saturated carbocycles. The Bertz CT molecular complexity index is 498. The van der Waals surface area contributed by atoms with E-state index in [9.17, 15) is 4.79 Å². The zero-order valence-corrected chi connectivity index (χ0v) is 15.6. The Hall–Kier alpha value is -0.710. The fourth-order valence-corrected chi connectivity index (χ4v) is 4.09. The largest absolute Gasteiger partial charge is 0.480 e. The van der Waals surface area contributed by atoms with Crippen LogP contribution in [0.2, 0.25) is 0 Å². The second-order valence-corrected chi connectivity index (χ2v) is 8.37. The Morgan fingerprint density at radius 1 is 1.26 bits per heavy atom. The molecule has 1 atom stereocenters. The number of benzene rings is 1. The van der Waals surface area contributed by atoms with Gasteiger partial charge >= 0.3 is 5.97 Å². The minimum Gasteiger partial charge on any atom is -0.480 e. The van der Waals surface area contributed by atoms with Gasteiger partial charge in [0.25, 0.3) is 0 Å². The van der Waals surface area contributed by atoms with Gasteiger partial charge in [0.05, 0.1) is 0 Å². The molecule has 1 aromatic carbocycles. The van der Waals surface area contributed by atoms with E-state index in [1.165, 1.54) is 43.2 Å². The van der Waals surface area contributed by atoms with Crippen LogP contribution in [-0.2, 0) is 9.54 Å². The lowest BCUT2D eigenvalue weighted by molar-refractivity contribution is -0.137. The molecule has 0 unspecified atom stereocenters. The van der Waals surface area contributed by atoms with Gasteiger partial charge in [0.1, 0.15) is 6.04 Å². The summed E-state index contributed by atoms with van der Waals surface area (Å²) in [7, 11) is 0. The maximum absolute atomic E-state index is 10.8. The molecule has 0 amide bonds. The fourth-order valence-electron chi connectivity index (χ4n) is 3.05. The standard InChI is InChI=1S/C18H27NO2S.ClH/c1-18(2,22-12-16(19)17(20)21)15-10-8-14(9-11-15)13-6-4-3-5-7-13;/h8-11,13,16H,3-7,12,19H2,1-2H3,(H,20,21);1H/t16-;/m0./s1. The number of carboxylic acid groups (broad SMARTS) is 1. The van der Waals surface area contributed by atoms with E-state index in [2.05, 4.69) is 38.1 Å². The van der Waals surface area contributed by atoms with Crippen molar-refractivity contribution in [3.05, 3.63) is 35.4 Å². The number of nitrogens with two attached hydrogens (primary N) is 1. The molecule has 0 saturated heterocycles. The molecule has 130 valence electrons. The van der Waals surface area contributed by atoms with Crippen molar-refractivity contribution in [2.24, 2.45) is 5.73 Å². The van der Waals surface area contributed by atoms with Gasteiger partial charge in [-0.3, -0.25) is 4.79 Å². The lowest BCUT2D eigenvalue weighted by Crippen LogP contribution is -2.34. The van der Waals surface area contributed by atoms with Crippen molar-refractivity contribution in [3.63, 3.8) is 0 Å². The van der Waals surface area contributed by atoms with Crippen LogP contribution in [0, 0.1) is 0 Å². The minimum atomic E-state index is -0.934. The molecular weight excluding hydrogens is 330 g/mol. The van der Waals surface area contributed by atoms with Crippen LogP contribution in [0.3, 0.4) is 0 Å². The summed E-state index contributed by atoms with van der Waals surface area (Å²) in [5, 5.41) is 8.89. The van der Waals surface area contributed by atoms with Crippen molar-refractivity contribution in [1.29, 1.82) is 0 Å². The number of aliphatic carboxylic acids is 1. The number of carboxylic acids is 1. The van der Waals surface area contributed by atoms with Crippen molar-refractivity contribution < 1.29 is 9.90 Å². The summed E-state index contributed by atoms with van der Waals surface area (Å²) in [6.07, 6.45) is 6.69. The van der Waals surface area contributed by atoms with Crippen LogP contribution in [0.1, 0.15) is 63.0 Å². The Morgan fingerprint density at radius 3 is 2.35 bits per heavy atom. The molecule has 1 fully saturated rings. The van der Waals surface area contributed by atoms with Crippen LogP contribution in [0.15, 0.2) is 24.3 Å². The van der Waals surface area contributed by atoms with E-state index in [1.54, 1.807) is 11.8 Å². The molecular formula is C18H28ClNO2S. The monoisotopic (exact) mass is 357 g/mol. The summed E-state index contributed by atoms with van der Waals surface area (Å²) in [4.78, 5) is 10.8. The van der Waals surface area contributed by atoms with Crippen molar-refractivity contribution in [3.8, 4) is 0 Å². The van der Waals surface area contributed by atoms with Crippen molar-refractivity contribution in [2.75, 3.05) is 5.75 Å². The molecule has 23 heavy (non-hydrogen) atoms. The van der Waals surface area contributed by atoms with Gasteiger partial charge in [0, 0.05) is 10.5 Å². The van der Waals surface area contributed by atoms with E-state index in [4.69, 9.17) is 10.8 Å². The van der Waals surface area contributed by atoms with Crippen molar-refractivity contribution in [2.45, 2.75) is 62.7 Å². The van der Waals surface area contributed by atoms with Crippen LogP contribution in [0.25, 0.3) is 0 Å². The van der Waals surface area contributed by atoms with Crippen LogP contribution >= 0.6 is 24.2 Å². The summed E-state index contributed by atoms with van der Waals surface area (Å²) in [5.41, 5.74) is 8.28. The summed E-state index contributed by atoms with van der Waals surface area (Å²) in [5.74, 6) is 0.210. The molecule has 0 aliphatic heterocycles. The molecule has 1 aromatic rings. The molecule has 1 aliphatic rings. The zero-order chi connectivity index (χ0) is 16.2. The first-order valence-electron chi connectivity index (χ1n) is 8.13. The third-order valence-corrected chi connectivity index (χ3v) is 6.11. The highest BCUT2D eigenvalue weighted by Crippen LogP contribution is 2.38. The Balaban J connectivity index is 0.00000264. The third-order valence-electron chi connectivity index (χ3n) is 4.62. The molecule has 5 heteroatoms. The van der Waals surface area contributed by atoms with Gasteiger partial charge < -0.3 is 10.8 Å². The zero-order valence-electron chi connectivity index (χ0n) is 14.0. The van der Waals surface area contributed by atoms with E-state index >= 15 is 0 Å². The van der Waals surface area contributed by atoms with Gasteiger partial charge in [0.2, 0.25) is 0 Å². The van der Waals surface area contributed by atoms with Crippen molar-refractivity contribution in [1.82, 2.24) is 0 Å². The lowest BCUT2D eigenvalue weighted by atomic mass is 9.83. The van der Waals surface area contributed by atoms with E-state index in [-0.39, 0.29) is 17.2 Å². The average Bonchev–Trinajstić information content (AvgIpc) is 2.53. The van der Waals surface area contributed by atoms with E-state index in [1.807, 2.05) is 0 Å². The maximum atomic E-state index is 10.8. The highest BCUT2D eigenvalue weighted by Gasteiger charge is 2.24. The first-order chi connectivity index (χ1) is 10.4. The molecule has 1 aliphatic carbocycles. The molecule has 3 N–H and O–H groups in total. The second-order valence-electron chi connectivity index (χ2n) is 6.72. The second kappa shape index (κ2) is 8.95. The number of thioether (sulfide) groups is 1. The smallest absolute Gasteiger partial charge is 0.321 e. The van der Waals surface area contributed by atoms with Gasteiger partial charge in [-0.15, -0.1) is 24.2 Å². The first-order valence-corrected chi connectivity index (χ1v) is 9.11. The predicted molar refractivity (Wildman–Crippen MR) is 101 cm³/mol. The summed E-state index contributed by atoms with van der Waals surface area (Å²) in [6.45, 7) is 4.25. The van der Waals surface area contributed by atoms with E-state index < -0.39 is 12.0 Å². The average molecular weight is 358 g/mol. The highest BCUT2D eigenvalue weighted by molar-refractivity contribution is 8.00. The quantitative estimate of drug-likeness (QED) is 0.784. The highest BCUT2D eigenvalue weighted by atomic mass is 35.5. The number of hydrogen-bond donors (Lipinski definition) is 2. The number of carbonyl (C=O) groups is 1. The first kappa shape index (κ1) is 20.3. The Labute approximate surface area is 149 Å². The summed E-state index contributed by atoms with van der Waals surface area (Å²) in [6, 6.07) is 8.10. The molecule has 0 radical (unpaired) electrons. The van der Waals surface area contributed by atoms with Gasteiger partial charge in [-0.25, -0.2) is 0 Å². The molecule has 0 heterocycles. The fraction of sp³-hybridized carbons (Fsp3) is 0.611. The minimum absolute atomic E-state index is 0. The Morgan fingerprint density at radius 2 is 1.83 bits per heavy atom.